The van der Waals surface area contributed by atoms with E-state index in [2.05, 4.69) is 5.32 Å². The average molecular weight is 374 g/mol. The highest BCUT2D eigenvalue weighted by Gasteiger charge is 2.20. The second kappa shape index (κ2) is 8.86. The van der Waals surface area contributed by atoms with Crippen LogP contribution in [0.25, 0.3) is 11.1 Å². The summed E-state index contributed by atoms with van der Waals surface area (Å²) in [6.45, 7) is 1.86. The zero-order valence-corrected chi connectivity index (χ0v) is 15.6. The van der Waals surface area contributed by atoms with Crippen LogP contribution < -0.4 is 15.8 Å². The van der Waals surface area contributed by atoms with Crippen molar-refractivity contribution in [2.45, 2.75) is 19.4 Å². The minimum Gasteiger partial charge on any atom is -0.481 e. The average Bonchev–Trinajstić information content (AvgIpc) is 2.73. The summed E-state index contributed by atoms with van der Waals surface area (Å²) in [6.07, 6.45) is -0.214. The minimum atomic E-state index is -0.691. The van der Waals surface area contributed by atoms with E-state index in [1.165, 1.54) is 0 Å². The largest absolute Gasteiger partial charge is 0.481 e. The molecule has 3 rings (SSSR count). The minimum absolute atomic E-state index is 0.262. The number of hydrogen-bond donors (Lipinski definition) is 2. The summed E-state index contributed by atoms with van der Waals surface area (Å²) < 4.78 is 5.86. The van der Waals surface area contributed by atoms with E-state index in [9.17, 15) is 9.59 Å². The molecule has 0 radical (unpaired) electrons. The molecule has 1 atom stereocenters. The van der Waals surface area contributed by atoms with Crippen LogP contribution in [-0.2, 0) is 4.79 Å². The number of nitrogens with two attached hydrogens (primary N) is 1. The molecule has 0 aliphatic carbocycles. The number of ether oxygens (including phenoxy) is 1. The summed E-state index contributed by atoms with van der Waals surface area (Å²) in [4.78, 5) is 24.1. The Morgan fingerprint density at radius 2 is 1.50 bits per heavy atom. The molecule has 3 aromatic rings. The first-order valence-corrected chi connectivity index (χ1v) is 9.10. The molecule has 0 aliphatic heterocycles. The fourth-order valence-corrected chi connectivity index (χ4v) is 2.86. The van der Waals surface area contributed by atoms with E-state index in [-0.39, 0.29) is 11.5 Å². The third-order valence-electron chi connectivity index (χ3n) is 4.35. The fraction of sp³-hybridized carbons (Fsp3) is 0.130. The Labute approximate surface area is 164 Å². The maximum absolute atomic E-state index is 12.6. The zero-order chi connectivity index (χ0) is 19.9. The Kier molecular flexibility index (Phi) is 6.07. The van der Waals surface area contributed by atoms with Gasteiger partial charge in [-0.25, -0.2) is 0 Å². The number of amides is 2. The van der Waals surface area contributed by atoms with Crippen molar-refractivity contribution in [3.63, 3.8) is 0 Å². The van der Waals surface area contributed by atoms with Gasteiger partial charge in [0.15, 0.2) is 6.10 Å². The summed E-state index contributed by atoms with van der Waals surface area (Å²) in [5, 5.41) is 2.74. The number of carbonyl (C=O) groups is 2. The van der Waals surface area contributed by atoms with E-state index in [4.69, 9.17) is 10.5 Å². The van der Waals surface area contributed by atoms with Gasteiger partial charge < -0.3 is 15.8 Å². The van der Waals surface area contributed by atoms with Crippen LogP contribution >= 0.6 is 0 Å². The molecule has 0 aliphatic rings. The van der Waals surface area contributed by atoms with Crippen molar-refractivity contribution in [1.29, 1.82) is 0 Å². The van der Waals surface area contributed by atoms with Gasteiger partial charge in [-0.05, 0) is 41.8 Å². The molecule has 5 heteroatoms. The van der Waals surface area contributed by atoms with E-state index < -0.39 is 12.0 Å². The van der Waals surface area contributed by atoms with Gasteiger partial charge in [-0.3, -0.25) is 9.59 Å². The lowest BCUT2D eigenvalue weighted by Crippen LogP contribution is -2.33. The Morgan fingerprint density at radius 3 is 2.14 bits per heavy atom. The SMILES string of the molecule is CCC(Oc1ccc(-c2ccccc2)cc1)C(=O)Nc1ccccc1C(N)=O. The predicted molar refractivity (Wildman–Crippen MR) is 110 cm³/mol. The van der Waals surface area contributed by atoms with Gasteiger partial charge in [0.05, 0.1) is 11.3 Å². The number of primary amides is 1. The molecule has 0 spiro atoms. The van der Waals surface area contributed by atoms with Crippen molar-refractivity contribution in [1.82, 2.24) is 0 Å². The van der Waals surface area contributed by atoms with Crippen molar-refractivity contribution in [2.75, 3.05) is 5.32 Å². The lowest BCUT2D eigenvalue weighted by molar-refractivity contribution is -0.122. The maximum atomic E-state index is 12.6. The van der Waals surface area contributed by atoms with Crippen LogP contribution in [0.1, 0.15) is 23.7 Å². The molecule has 0 heterocycles. The van der Waals surface area contributed by atoms with E-state index in [0.717, 1.165) is 11.1 Å². The van der Waals surface area contributed by atoms with Gasteiger partial charge in [0, 0.05) is 0 Å². The summed E-state index contributed by atoms with van der Waals surface area (Å²) in [6, 6.07) is 24.2. The van der Waals surface area contributed by atoms with Crippen molar-refractivity contribution >= 4 is 17.5 Å². The van der Waals surface area contributed by atoms with Crippen LogP contribution in [0.2, 0.25) is 0 Å². The first kappa shape index (κ1) is 19.2. The normalized spacial score (nSPS) is 11.5. The number of benzene rings is 3. The standard InChI is InChI=1S/C23H22N2O3/c1-2-21(23(27)25-20-11-7-6-10-19(20)22(24)26)28-18-14-12-17(13-15-18)16-8-4-3-5-9-16/h3-15,21H,2H2,1H3,(H2,24,26)(H,25,27). The quantitative estimate of drug-likeness (QED) is 0.649. The molecule has 1 unspecified atom stereocenters. The Hall–Kier alpha value is -3.60. The van der Waals surface area contributed by atoms with Crippen LogP contribution in [0.4, 0.5) is 5.69 Å². The molecule has 3 aromatic carbocycles. The van der Waals surface area contributed by atoms with Crippen molar-refractivity contribution in [3.05, 3.63) is 84.4 Å². The van der Waals surface area contributed by atoms with Gasteiger partial charge in [-0.15, -0.1) is 0 Å². The highest BCUT2D eigenvalue weighted by molar-refractivity contribution is 6.04. The topological polar surface area (TPSA) is 81.4 Å². The van der Waals surface area contributed by atoms with Gasteiger partial charge in [0.1, 0.15) is 5.75 Å². The summed E-state index contributed by atoms with van der Waals surface area (Å²) in [5.41, 5.74) is 8.18. The molecular formula is C23H22N2O3. The molecule has 0 fully saturated rings. The first-order valence-electron chi connectivity index (χ1n) is 9.10. The molecular weight excluding hydrogens is 352 g/mol. The highest BCUT2D eigenvalue weighted by Crippen LogP contribution is 2.23. The zero-order valence-electron chi connectivity index (χ0n) is 15.6. The van der Waals surface area contributed by atoms with Crippen LogP contribution in [-0.4, -0.2) is 17.9 Å². The van der Waals surface area contributed by atoms with Gasteiger partial charge in [0.2, 0.25) is 0 Å². The number of para-hydroxylation sites is 1. The number of anilines is 1. The van der Waals surface area contributed by atoms with Crippen molar-refractivity contribution in [3.8, 4) is 16.9 Å². The fourth-order valence-electron chi connectivity index (χ4n) is 2.86. The lowest BCUT2D eigenvalue weighted by atomic mass is 10.1. The molecule has 0 saturated carbocycles. The highest BCUT2D eigenvalue weighted by atomic mass is 16.5. The van der Waals surface area contributed by atoms with Crippen LogP contribution in [0, 0.1) is 0 Å². The smallest absolute Gasteiger partial charge is 0.265 e. The van der Waals surface area contributed by atoms with E-state index in [1.807, 2.05) is 61.5 Å². The molecule has 0 bridgehead atoms. The van der Waals surface area contributed by atoms with Gasteiger partial charge in [-0.2, -0.15) is 0 Å². The van der Waals surface area contributed by atoms with Crippen molar-refractivity contribution in [2.24, 2.45) is 5.73 Å². The van der Waals surface area contributed by atoms with Crippen LogP contribution in [0.5, 0.6) is 5.75 Å². The molecule has 5 nitrogen and oxygen atoms in total. The van der Waals surface area contributed by atoms with Gasteiger partial charge in [0.25, 0.3) is 11.8 Å². The third-order valence-corrected chi connectivity index (χ3v) is 4.35. The number of hydrogen-bond acceptors (Lipinski definition) is 3. The maximum Gasteiger partial charge on any atom is 0.265 e. The lowest BCUT2D eigenvalue weighted by Gasteiger charge is -2.18. The number of carbonyl (C=O) groups excluding carboxylic acids is 2. The Bertz CT molecular complexity index is 953. The van der Waals surface area contributed by atoms with Crippen LogP contribution in [0.3, 0.4) is 0 Å². The molecule has 0 saturated heterocycles. The molecule has 142 valence electrons. The second-order valence-electron chi connectivity index (χ2n) is 6.30. The van der Waals surface area contributed by atoms with Gasteiger partial charge in [-0.1, -0.05) is 61.5 Å². The summed E-state index contributed by atoms with van der Waals surface area (Å²) in [7, 11) is 0. The van der Waals surface area contributed by atoms with E-state index in [1.54, 1.807) is 24.3 Å². The Balaban J connectivity index is 1.70. The van der Waals surface area contributed by atoms with Gasteiger partial charge >= 0.3 is 0 Å². The third kappa shape index (κ3) is 4.57. The van der Waals surface area contributed by atoms with Crippen LogP contribution in [0.15, 0.2) is 78.9 Å². The molecule has 3 N–H and O–H groups in total. The molecule has 0 aromatic heterocycles. The van der Waals surface area contributed by atoms with Crippen molar-refractivity contribution < 1.29 is 14.3 Å². The number of rotatable bonds is 7. The second-order valence-corrected chi connectivity index (χ2v) is 6.30. The number of nitrogens with one attached hydrogen (secondary N) is 1. The van der Waals surface area contributed by atoms with E-state index in [0.29, 0.717) is 17.9 Å². The monoisotopic (exact) mass is 374 g/mol. The van der Waals surface area contributed by atoms with E-state index >= 15 is 0 Å². The molecule has 2 amide bonds. The molecule has 28 heavy (non-hydrogen) atoms. The first-order chi connectivity index (χ1) is 13.6. The summed E-state index contributed by atoms with van der Waals surface area (Å²) in [5.74, 6) is -0.324. The predicted octanol–water partition coefficient (Wildman–Crippen LogP) is 4.25. The summed E-state index contributed by atoms with van der Waals surface area (Å²) >= 11 is 0. The Morgan fingerprint density at radius 1 is 0.893 bits per heavy atom.